The standard InChI is InChI=1S/C20H15IN2O2/c21-18-11-4-3-10-17(18)20(25)23-22-19(24)13-12-15-8-5-7-14-6-1-2-9-16(14)15/h1-13H,(H,22,24)(H,23,25). The summed E-state index contributed by atoms with van der Waals surface area (Å²) < 4.78 is 0.818. The lowest BCUT2D eigenvalue weighted by molar-refractivity contribution is -0.117. The topological polar surface area (TPSA) is 58.2 Å². The van der Waals surface area contributed by atoms with E-state index in [9.17, 15) is 9.59 Å². The van der Waals surface area contributed by atoms with Crippen LogP contribution in [0.2, 0.25) is 0 Å². The number of carbonyl (C=O) groups excluding carboxylic acids is 2. The fourth-order valence-corrected chi connectivity index (χ4v) is 3.07. The highest BCUT2D eigenvalue weighted by Crippen LogP contribution is 2.19. The van der Waals surface area contributed by atoms with Crippen LogP contribution in [-0.2, 0) is 4.79 Å². The molecular formula is C20H15IN2O2. The maximum atomic E-state index is 12.1. The van der Waals surface area contributed by atoms with E-state index in [0.717, 1.165) is 19.9 Å². The van der Waals surface area contributed by atoms with Crippen molar-refractivity contribution in [2.45, 2.75) is 0 Å². The second kappa shape index (κ2) is 7.94. The van der Waals surface area contributed by atoms with Crippen molar-refractivity contribution in [2.24, 2.45) is 0 Å². The Morgan fingerprint density at radius 1 is 0.840 bits per heavy atom. The molecule has 0 saturated carbocycles. The molecule has 0 unspecified atom stereocenters. The lowest BCUT2D eigenvalue weighted by atomic mass is 10.0. The van der Waals surface area contributed by atoms with Gasteiger partial charge in [-0.25, -0.2) is 0 Å². The number of halogens is 1. The Bertz CT molecular complexity index is 961. The molecule has 0 fully saturated rings. The molecule has 25 heavy (non-hydrogen) atoms. The molecule has 5 heteroatoms. The Kier molecular flexibility index (Phi) is 5.45. The first-order valence-corrected chi connectivity index (χ1v) is 8.74. The van der Waals surface area contributed by atoms with Crippen molar-refractivity contribution in [1.29, 1.82) is 0 Å². The van der Waals surface area contributed by atoms with Crippen LogP contribution in [0.1, 0.15) is 15.9 Å². The van der Waals surface area contributed by atoms with E-state index in [0.29, 0.717) is 5.56 Å². The molecule has 0 saturated heterocycles. The molecule has 0 spiro atoms. The highest BCUT2D eigenvalue weighted by molar-refractivity contribution is 14.1. The predicted octanol–water partition coefficient (Wildman–Crippen LogP) is 3.92. The van der Waals surface area contributed by atoms with Crippen LogP contribution < -0.4 is 10.9 Å². The van der Waals surface area contributed by atoms with Gasteiger partial charge in [-0.05, 0) is 57.1 Å². The van der Waals surface area contributed by atoms with Crippen LogP contribution in [0.25, 0.3) is 16.8 Å². The number of hydrogen-bond donors (Lipinski definition) is 2. The number of fused-ring (bicyclic) bond motifs is 1. The molecule has 124 valence electrons. The van der Waals surface area contributed by atoms with Gasteiger partial charge in [0.1, 0.15) is 0 Å². The monoisotopic (exact) mass is 442 g/mol. The van der Waals surface area contributed by atoms with Gasteiger partial charge >= 0.3 is 0 Å². The summed E-state index contributed by atoms with van der Waals surface area (Å²) in [5, 5.41) is 2.17. The maximum absolute atomic E-state index is 12.1. The summed E-state index contributed by atoms with van der Waals surface area (Å²) in [6, 6.07) is 21.0. The molecule has 4 nitrogen and oxygen atoms in total. The molecule has 3 rings (SSSR count). The van der Waals surface area contributed by atoms with E-state index in [-0.39, 0.29) is 5.91 Å². The first-order valence-electron chi connectivity index (χ1n) is 7.66. The molecule has 0 aromatic heterocycles. The summed E-state index contributed by atoms with van der Waals surface area (Å²) in [6.45, 7) is 0. The second-order valence-corrected chi connectivity index (χ2v) is 6.49. The van der Waals surface area contributed by atoms with E-state index in [1.807, 2.05) is 54.6 Å². The van der Waals surface area contributed by atoms with Crippen LogP contribution in [0.5, 0.6) is 0 Å². The van der Waals surface area contributed by atoms with Crippen LogP contribution in [0.4, 0.5) is 0 Å². The van der Waals surface area contributed by atoms with Gasteiger partial charge in [0.15, 0.2) is 0 Å². The van der Waals surface area contributed by atoms with E-state index < -0.39 is 5.91 Å². The molecule has 0 radical (unpaired) electrons. The first-order chi connectivity index (χ1) is 12.1. The molecule has 2 N–H and O–H groups in total. The Morgan fingerprint density at radius 3 is 2.40 bits per heavy atom. The quantitative estimate of drug-likeness (QED) is 0.367. The van der Waals surface area contributed by atoms with Gasteiger partial charge in [-0.15, -0.1) is 0 Å². The summed E-state index contributed by atoms with van der Waals surface area (Å²) in [6.07, 6.45) is 3.13. The van der Waals surface area contributed by atoms with Crippen LogP contribution in [0.15, 0.2) is 72.8 Å². The molecule has 0 atom stereocenters. The number of rotatable bonds is 3. The number of carbonyl (C=O) groups is 2. The van der Waals surface area contributed by atoms with Gasteiger partial charge in [0.25, 0.3) is 11.8 Å². The van der Waals surface area contributed by atoms with Crippen molar-refractivity contribution >= 4 is 51.3 Å². The van der Waals surface area contributed by atoms with Gasteiger partial charge in [-0.1, -0.05) is 54.6 Å². The van der Waals surface area contributed by atoms with Gasteiger partial charge in [0.2, 0.25) is 0 Å². The third kappa shape index (κ3) is 4.24. The molecule has 2 amide bonds. The minimum absolute atomic E-state index is 0.350. The Morgan fingerprint density at radius 2 is 1.56 bits per heavy atom. The number of amides is 2. The fraction of sp³-hybridized carbons (Fsp3) is 0. The molecule has 3 aromatic rings. The highest BCUT2D eigenvalue weighted by Gasteiger charge is 2.09. The summed E-state index contributed by atoms with van der Waals surface area (Å²) in [4.78, 5) is 24.0. The summed E-state index contributed by atoms with van der Waals surface area (Å²) in [5.74, 6) is -0.746. The molecule has 0 heterocycles. The van der Waals surface area contributed by atoms with Crippen molar-refractivity contribution < 1.29 is 9.59 Å². The van der Waals surface area contributed by atoms with Gasteiger partial charge in [0, 0.05) is 9.65 Å². The zero-order valence-electron chi connectivity index (χ0n) is 13.2. The lowest BCUT2D eigenvalue weighted by Crippen LogP contribution is -2.41. The van der Waals surface area contributed by atoms with E-state index in [1.165, 1.54) is 6.08 Å². The highest BCUT2D eigenvalue weighted by atomic mass is 127. The molecule has 3 aromatic carbocycles. The zero-order valence-corrected chi connectivity index (χ0v) is 15.4. The Balaban J connectivity index is 1.65. The van der Waals surface area contributed by atoms with Crippen molar-refractivity contribution in [3.05, 3.63) is 87.5 Å². The maximum Gasteiger partial charge on any atom is 0.270 e. The van der Waals surface area contributed by atoms with Gasteiger partial charge in [-0.2, -0.15) is 0 Å². The average molecular weight is 442 g/mol. The minimum Gasteiger partial charge on any atom is -0.268 e. The number of hydrazine groups is 1. The van der Waals surface area contributed by atoms with Crippen molar-refractivity contribution in [2.75, 3.05) is 0 Å². The predicted molar refractivity (Wildman–Crippen MR) is 108 cm³/mol. The summed E-state index contributed by atoms with van der Waals surface area (Å²) in [7, 11) is 0. The zero-order chi connectivity index (χ0) is 17.6. The smallest absolute Gasteiger partial charge is 0.268 e. The Hall–Kier alpha value is -2.67. The molecule has 0 aliphatic carbocycles. The van der Waals surface area contributed by atoms with E-state index in [1.54, 1.807) is 18.2 Å². The Labute approximate surface area is 159 Å². The van der Waals surface area contributed by atoms with Crippen molar-refractivity contribution in [3.8, 4) is 0 Å². The molecule has 0 aliphatic heterocycles. The van der Waals surface area contributed by atoms with Gasteiger partial charge < -0.3 is 0 Å². The van der Waals surface area contributed by atoms with Crippen LogP contribution in [0, 0.1) is 3.57 Å². The number of nitrogens with one attached hydrogen (secondary N) is 2. The average Bonchev–Trinajstić information content (AvgIpc) is 2.64. The normalized spacial score (nSPS) is 10.8. The molecular weight excluding hydrogens is 427 g/mol. The van der Waals surface area contributed by atoms with Crippen LogP contribution >= 0.6 is 22.6 Å². The lowest BCUT2D eigenvalue weighted by Gasteiger charge is -2.07. The largest absolute Gasteiger partial charge is 0.270 e. The minimum atomic E-state index is -0.396. The SMILES string of the molecule is O=C(C=Cc1cccc2ccccc12)NNC(=O)c1ccccc1I. The number of hydrogen-bond acceptors (Lipinski definition) is 2. The van der Waals surface area contributed by atoms with Crippen LogP contribution in [-0.4, -0.2) is 11.8 Å². The second-order valence-electron chi connectivity index (χ2n) is 5.32. The van der Waals surface area contributed by atoms with Crippen molar-refractivity contribution in [1.82, 2.24) is 10.9 Å². The summed E-state index contributed by atoms with van der Waals surface area (Å²) >= 11 is 2.08. The third-order valence-corrected chi connectivity index (χ3v) is 4.60. The van der Waals surface area contributed by atoms with Gasteiger partial charge in [0.05, 0.1) is 5.56 Å². The first kappa shape index (κ1) is 17.2. The van der Waals surface area contributed by atoms with E-state index >= 15 is 0 Å². The van der Waals surface area contributed by atoms with Crippen LogP contribution in [0.3, 0.4) is 0 Å². The molecule has 0 bridgehead atoms. The molecule has 0 aliphatic rings. The van der Waals surface area contributed by atoms with Gasteiger partial charge in [-0.3, -0.25) is 20.4 Å². The third-order valence-electron chi connectivity index (χ3n) is 3.66. The number of benzene rings is 3. The summed E-state index contributed by atoms with van der Waals surface area (Å²) in [5.41, 5.74) is 6.27. The van der Waals surface area contributed by atoms with E-state index in [4.69, 9.17) is 0 Å². The fourth-order valence-electron chi connectivity index (χ4n) is 2.43. The van der Waals surface area contributed by atoms with E-state index in [2.05, 4.69) is 33.4 Å². The van der Waals surface area contributed by atoms with Crippen molar-refractivity contribution in [3.63, 3.8) is 0 Å².